The molecule has 0 saturated heterocycles. The third-order valence-electron chi connectivity index (χ3n) is 6.27. The molecule has 174 valence electrons. The third kappa shape index (κ3) is 5.33. The van der Waals surface area contributed by atoms with Gasteiger partial charge in [-0.25, -0.2) is 0 Å². The van der Waals surface area contributed by atoms with E-state index < -0.39 is 6.62 Å². The minimum atomic E-state index is -2.71. The van der Waals surface area contributed by atoms with Crippen molar-refractivity contribution < 1.29 is 4.74 Å². The summed E-state index contributed by atoms with van der Waals surface area (Å²) in [5.74, 6) is 0.879. The molecule has 35 heavy (non-hydrogen) atoms. The number of benzene rings is 5. The van der Waals surface area contributed by atoms with Gasteiger partial charge in [0.1, 0.15) is 0 Å². The van der Waals surface area contributed by atoms with E-state index in [-0.39, 0.29) is 0 Å². The van der Waals surface area contributed by atoms with Gasteiger partial charge in [0.2, 0.25) is 0 Å². The van der Waals surface area contributed by atoms with Crippen molar-refractivity contribution in [1.29, 1.82) is 0 Å². The molecule has 0 atom stereocenters. The fourth-order valence-electron chi connectivity index (χ4n) is 4.53. The van der Waals surface area contributed by atoms with Gasteiger partial charge in [-0.2, -0.15) is 0 Å². The first-order valence-electron chi connectivity index (χ1n) is 11.9. The zero-order chi connectivity index (χ0) is 23.9. The second-order valence-electron chi connectivity index (χ2n) is 8.65. The molecule has 0 amide bonds. The van der Waals surface area contributed by atoms with Crippen LogP contribution in [0.5, 0.6) is 5.75 Å². The number of halogens is 1. The van der Waals surface area contributed by atoms with E-state index in [1.54, 1.807) is 0 Å². The van der Waals surface area contributed by atoms with E-state index in [1.165, 1.54) is 27.0 Å². The van der Waals surface area contributed by atoms with Crippen molar-refractivity contribution in [2.45, 2.75) is 13.0 Å². The molecule has 0 N–H and O–H groups in total. The van der Waals surface area contributed by atoms with E-state index in [9.17, 15) is 0 Å². The van der Waals surface area contributed by atoms with Gasteiger partial charge in [-0.1, -0.05) is 0 Å². The van der Waals surface area contributed by atoms with Gasteiger partial charge < -0.3 is 0 Å². The summed E-state index contributed by atoms with van der Waals surface area (Å²) in [6, 6.07) is 48.4. The minimum absolute atomic E-state index is 0.556. The van der Waals surface area contributed by atoms with Crippen LogP contribution in [0.2, 0.25) is 0 Å². The van der Waals surface area contributed by atoms with E-state index in [0.717, 1.165) is 17.7 Å². The molecule has 0 bridgehead atoms. The van der Waals surface area contributed by atoms with Crippen molar-refractivity contribution in [3.8, 4) is 5.75 Å². The van der Waals surface area contributed by atoms with Crippen LogP contribution < -0.4 is 20.7 Å². The molecule has 5 aromatic rings. The van der Waals surface area contributed by atoms with E-state index in [1.807, 2.05) is 36.4 Å². The second-order valence-corrected chi connectivity index (χ2v) is 13.4. The molecular weight excluding hydrogens is 467 g/mol. The molecule has 0 spiro atoms. The number of ether oxygens (including phenoxy) is 1. The summed E-state index contributed by atoms with van der Waals surface area (Å²) in [5.41, 5.74) is 3.62. The standard InChI is InChI=1S/C32H28ClOP/c33-35(30-18-6-2-7-19-30,31-20-8-3-9-21-31)32-22-11-10-16-28(32)23-27-15-12-17-29(24-27)34-25-26-13-4-1-5-14-26/h1-22,24,35H,23,25H2. The zero-order valence-corrected chi connectivity index (χ0v) is 21.2. The van der Waals surface area contributed by atoms with Gasteiger partial charge in [0.25, 0.3) is 0 Å². The van der Waals surface area contributed by atoms with Crippen LogP contribution in [0, 0.1) is 0 Å². The summed E-state index contributed by atoms with van der Waals surface area (Å²) < 4.78 is 6.09. The van der Waals surface area contributed by atoms with Crippen molar-refractivity contribution >= 4 is 33.8 Å². The second kappa shape index (κ2) is 10.9. The van der Waals surface area contributed by atoms with Gasteiger partial charge in [0.05, 0.1) is 0 Å². The molecule has 1 nitrogen and oxygen atoms in total. The van der Waals surface area contributed by atoms with Crippen LogP contribution in [0.25, 0.3) is 0 Å². The molecule has 0 aromatic heterocycles. The van der Waals surface area contributed by atoms with Crippen molar-refractivity contribution in [2.75, 3.05) is 0 Å². The molecule has 0 saturated carbocycles. The predicted molar refractivity (Wildman–Crippen MR) is 152 cm³/mol. The van der Waals surface area contributed by atoms with Crippen LogP contribution in [0.4, 0.5) is 0 Å². The van der Waals surface area contributed by atoms with Crippen molar-refractivity contribution in [2.24, 2.45) is 0 Å². The van der Waals surface area contributed by atoms with Crippen LogP contribution in [-0.4, -0.2) is 0 Å². The van der Waals surface area contributed by atoms with Crippen molar-refractivity contribution in [3.63, 3.8) is 0 Å². The number of hydrogen-bond acceptors (Lipinski definition) is 1. The molecule has 0 fully saturated rings. The Morgan fingerprint density at radius 2 is 1.09 bits per heavy atom. The molecule has 0 aliphatic heterocycles. The van der Waals surface area contributed by atoms with Crippen LogP contribution in [0.1, 0.15) is 16.7 Å². The molecule has 0 unspecified atom stereocenters. The Morgan fingerprint density at radius 1 is 0.543 bits per heavy atom. The van der Waals surface area contributed by atoms with Crippen LogP contribution in [-0.2, 0) is 13.0 Å². The molecule has 0 aliphatic carbocycles. The van der Waals surface area contributed by atoms with Crippen LogP contribution in [0.15, 0.2) is 140 Å². The number of rotatable bonds is 8. The SMILES string of the molecule is Cl[PH](c1ccccc1)(c1ccccc1)c1ccccc1Cc1cccc(OCc2ccccc2)c1. The first kappa shape index (κ1) is 23.4. The monoisotopic (exact) mass is 494 g/mol. The van der Waals surface area contributed by atoms with E-state index in [0.29, 0.717) is 6.61 Å². The summed E-state index contributed by atoms with van der Waals surface area (Å²) in [4.78, 5) is 0. The fourth-order valence-corrected chi connectivity index (χ4v) is 9.04. The quantitative estimate of drug-likeness (QED) is 0.210. The van der Waals surface area contributed by atoms with E-state index in [2.05, 4.69) is 103 Å². The maximum atomic E-state index is 7.75. The Morgan fingerprint density at radius 3 is 1.74 bits per heavy atom. The summed E-state index contributed by atoms with van der Waals surface area (Å²) in [7, 11) is 0. The van der Waals surface area contributed by atoms with Gasteiger partial charge in [-0.3, -0.25) is 0 Å². The Labute approximate surface area is 213 Å². The van der Waals surface area contributed by atoms with Gasteiger partial charge in [0, 0.05) is 0 Å². The summed E-state index contributed by atoms with van der Waals surface area (Å²) in [6.45, 7) is -2.15. The van der Waals surface area contributed by atoms with Gasteiger partial charge in [-0.05, 0) is 0 Å². The summed E-state index contributed by atoms with van der Waals surface area (Å²) >= 11 is 7.75. The molecule has 0 aliphatic rings. The number of hydrogen-bond donors (Lipinski definition) is 0. The molecule has 0 heterocycles. The Hall–Kier alpha value is -3.38. The average Bonchev–Trinajstić information content (AvgIpc) is 2.93. The molecule has 3 heteroatoms. The molecular formula is C32H28ClOP. The van der Waals surface area contributed by atoms with Crippen molar-refractivity contribution in [3.05, 3.63) is 156 Å². The van der Waals surface area contributed by atoms with E-state index in [4.69, 9.17) is 16.0 Å². The third-order valence-corrected chi connectivity index (χ3v) is 11.7. The Balaban J connectivity index is 1.48. The first-order chi connectivity index (χ1) is 17.2. The molecule has 0 radical (unpaired) electrons. The van der Waals surface area contributed by atoms with E-state index >= 15 is 0 Å². The summed E-state index contributed by atoms with van der Waals surface area (Å²) in [5, 5.41) is 3.62. The van der Waals surface area contributed by atoms with Gasteiger partial charge >= 0.3 is 214 Å². The zero-order valence-electron chi connectivity index (χ0n) is 19.5. The fraction of sp³-hybridized carbons (Fsp3) is 0.0625. The Bertz CT molecular complexity index is 1330. The maximum absolute atomic E-state index is 7.75. The topological polar surface area (TPSA) is 9.23 Å². The Kier molecular flexibility index (Phi) is 7.28. The van der Waals surface area contributed by atoms with Crippen LogP contribution in [0.3, 0.4) is 0 Å². The molecule has 5 aromatic carbocycles. The average molecular weight is 495 g/mol. The van der Waals surface area contributed by atoms with Crippen molar-refractivity contribution in [1.82, 2.24) is 0 Å². The summed E-state index contributed by atoms with van der Waals surface area (Å²) in [6.07, 6.45) is 0.792. The van der Waals surface area contributed by atoms with Gasteiger partial charge in [0.15, 0.2) is 0 Å². The van der Waals surface area contributed by atoms with Gasteiger partial charge in [-0.15, -0.1) is 0 Å². The molecule has 5 rings (SSSR count). The predicted octanol–water partition coefficient (Wildman–Crippen LogP) is 7.04. The van der Waals surface area contributed by atoms with Crippen LogP contribution >= 0.6 is 17.9 Å². The first-order valence-corrected chi connectivity index (χ1v) is 14.9. The normalized spacial score (nSPS) is 11.7.